The van der Waals surface area contributed by atoms with Gasteiger partial charge in [-0.3, -0.25) is 9.36 Å². The van der Waals surface area contributed by atoms with Crippen LogP contribution in [0.1, 0.15) is 67.0 Å². The van der Waals surface area contributed by atoms with Crippen LogP contribution in [0.25, 0.3) is 0 Å². The fourth-order valence-electron chi connectivity index (χ4n) is 3.42. The van der Waals surface area contributed by atoms with Crippen LogP contribution in [0.5, 0.6) is 5.75 Å². The summed E-state index contributed by atoms with van der Waals surface area (Å²) in [7, 11) is -0.308. The van der Waals surface area contributed by atoms with E-state index in [1.165, 1.54) is 25.5 Å². The zero-order chi connectivity index (χ0) is 30.3. The van der Waals surface area contributed by atoms with Crippen LogP contribution in [0.3, 0.4) is 0 Å². The average molecular weight is 585 g/mol. The van der Waals surface area contributed by atoms with Gasteiger partial charge in [-0.15, -0.1) is 0 Å². The number of nitrogens with zero attached hydrogens (tertiary/aromatic N) is 2. The van der Waals surface area contributed by atoms with Crippen LogP contribution in [0.4, 0.5) is 5.82 Å². The molecular formula is C27H45N4O8P. The number of para-hydroxylation sites is 1. The van der Waals surface area contributed by atoms with Gasteiger partial charge in [0, 0.05) is 6.20 Å². The molecule has 0 bridgehead atoms. The summed E-state index contributed by atoms with van der Waals surface area (Å²) in [5.74, 6) is -0.816. The van der Waals surface area contributed by atoms with Gasteiger partial charge in [0.2, 0.25) is 0 Å². The van der Waals surface area contributed by atoms with Crippen molar-refractivity contribution in [3.05, 3.63) is 53.1 Å². The summed E-state index contributed by atoms with van der Waals surface area (Å²) >= 11 is 0. The van der Waals surface area contributed by atoms with Crippen molar-refractivity contribution in [2.75, 3.05) is 19.5 Å². The summed E-state index contributed by atoms with van der Waals surface area (Å²) in [5.41, 5.74) is 5.11. The van der Waals surface area contributed by atoms with Crippen LogP contribution >= 0.6 is 8.53 Å². The second-order valence-electron chi connectivity index (χ2n) is 9.62. The van der Waals surface area contributed by atoms with Gasteiger partial charge in [0.05, 0.1) is 19.8 Å². The topological polar surface area (TPSA) is 167 Å². The molecule has 2 heterocycles. The third-order valence-corrected chi connectivity index (χ3v) is 6.29. The minimum atomic E-state index is -1.67. The fraction of sp³-hybridized carbons (Fsp3) is 0.593. The van der Waals surface area contributed by atoms with Gasteiger partial charge >= 0.3 is 20.2 Å². The Kier molecular flexibility index (Phi) is 15.9. The third kappa shape index (κ3) is 14.2. The predicted octanol–water partition coefficient (Wildman–Crippen LogP) is 3.74. The highest BCUT2D eigenvalue weighted by atomic mass is 31.2. The molecule has 4 atom stereocenters. The van der Waals surface area contributed by atoms with Crippen LogP contribution in [0, 0.1) is 5.92 Å². The maximum absolute atomic E-state index is 12.3. The largest absolute Gasteiger partial charge is 0.468 e. The standard InChI is InChI=1S/C22H31N4O6P.C3H8O2.C2H6/c1-15(2)13-18(21(27)29-3)25-33(32-16-7-5-4-6-8-16)30-14-17-9-10-20(31-17)26-12-11-19(23)24-22(26)28;1-3(2,4)5;1-2/h4-8,11-12,15,17-18,20,25H,9-10,13-14H2,1-3H3,(H2,23,24,28);4-5H,1-2H3;1-2H3. The van der Waals surface area contributed by atoms with Gasteiger partial charge in [0.25, 0.3) is 0 Å². The normalized spacial score (nSPS) is 18.1. The fourth-order valence-corrected chi connectivity index (χ4v) is 4.68. The van der Waals surface area contributed by atoms with Crippen LogP contribution in [0.2, 0.25) is 0 Å². The molecule has 0 saturated carbocycles. The smallest absolute Gasteiger partial charge is 0.351 e. The van der Waals surface area contributed by atoms with Gasteiger partial charge in [0.1, 0.15) is 23.8 Å². The Bertz CT molecular complexity index is 1040. The number of nitrogens with two attached hydrogens (primary N) is 1. The lowest BCUT2D eigenvalue weighted by Gasteiger charge is -2.25. The number of aliphatic hydroxyl groups is 2. The average Bonchev–Trinajstić information content (AvgIpc) is 3.35. The lowest BCUT2D eigenvalue weighted by Crippen LogP contribution is -2.37. The second kappa shape index (κ2) is 18.0. The van der Waals surface area contributed by atoms with E-state index in [0.29, 0.717) is 25.0 Å². The Morgan fingerprint density at radius 2 is 1.85 bits per heavy atom. The predicted molar refractivity (Wildman–Crippen MR) is 154 cm³/mol. The maximum Gasteiger partial charge on any atom is 0.351 e. The summed E-state index contributed by atoms with van der Waals surface area (Å²) < 4.78 is 24.4. The van der Waals surface area contributed by atoms with Crippen molar-refractivity contribution in [2.24, 2.45) is 5.92 Å². The number of esters is 1. The van der Waals surface area contributed by atoms with E-state index in [0.717, 1.165) is 0 Å². The zero-order valence-corrected chi connectivity index (χ0v) is 25.3. The second-order valence-corrected chi connectivity index (χ2v) is 10.8. The lowest BCUT2D eigenvalue weighted by atomic mass is 10.1. The van der Waals surface area contributed by atoms with Crippen molar-refractivity contribution < 1.29 is 33.5 Å². The van der Waals surface area contributed by atoms with E-state index < -0.39 is 32.3 Å². The van der Waals surface area contributed by atoms with E-state index in [2.05, 4.69) is 10.1 Å². The highest BCUT2D eigenvalue weighted by molar-refractivity contribution is 7.45. The highest BCUT2D eigenvalue weighted by Gasteiger charge is 2.31. The molecule has 0 aliphatic carbocycles. The Balaban J connectivity index is 0.00000103. The number of hydrogen-bond donors (Lipinski definition) is 4. The van der Waals surface area contributed by atoms with Crippen molar-refractivity contribution in [3.8, 4) is 5.75 Å². The summed E-state index contributed by atoms with van der Waals surface area (Å²) in [6.07, 6.45) is 2.82. The molecule has 1 aliphatic rings. The number of carbonyl (C=O) groups is 1. The molecule has 4 unspecified atom stereocenters. The maximum atomic E-state index is 12.3. The number of benzene rings is 1. The molecular weight excluding hydrogens is 539 g/mol. The minimum absolute atomic E-state index is 0.172. The number of ether oxygens (including phenoxy) is 2. The lowest BCUT2D eigenvalue weighted by molar-refractivity contribution is -0.143. The van der Waals surface area contributed by atoms with Crippen LogP contribution < -0.4 is 21.0 Å². The molecule has 1 saturated heterocycles. The number of anilines is 1. The quantitative estimate of drug-likeness (QED) is 0.173. The van der Waals surface area contributed by atoms with Crippen molar-refractivity contribution in [1.29, 1.82) is 0 Å². The molecule has 12 nitrogen and oxygen atoms in total. The molecule has 13 heteroatoms. The molecule has 0 spiro atoms. The Hall–Kier alpha value is -2.60. The first kappa shape index (κ1) is 35.4. The number of rotatable bonds is 11. The van der Waals surface area contributed by atoms with Crippen molar-refractivity contribution in [1.82, 2.24) is 14.6 Å². The first-order valence-electron chi connectivity index (χ1n) is 13.3. The summed E-state index contributed by atoms with van der Waals surface area (Å²) in [5, 5.41) is 19.3. The Morgan fingerprint density at radius 3 is 2.40 bits per heavy atom. The molecule has 1 aromatic carbocycles. The molecule has 0 amide bonds. The summed E-state index contributed by atoms with van der Waals surface area (Å²) in [6.45, 7) is 10.9. The molecule has 5 N–H and O–H groups in total. The first-order chi connectivity index (χ1) is 18.9. The van der Waals surface area contributed by atoms with E-state index in [1.807, 2.05) is 58.0 Å². The molecule has 1 aromatic heterocycles. The van der Waals surface area contributed by atoms with Gasteiger partial charge in [0.15, 0.2) is 5.79 Å². The van der Waals surface area contributed by atoms with Gasteiger partial charge in [-0.2, -0.15) is 4.98 Å². The van der Waals surface area contributed by atoms with Crippen molar-refractivity contribution >= 4 is 20.3 Å². The summed E-state index contributed by atoms with van der Waals surface area (Å²) in [6, 6.07) is 10.2. The van der Waals surface area contributed by atoms with E-state index in [1.54, 1.807) is 12.3 Å². The number of carbonyl (C=O) groups excluding carboxylic acids is 1. The van der Waals surface area contributed by atoms with E-state index in [9.17, 15) is 9.59 Å². The van der Waals surface area contributed by atoms with Crippen LogP contribution in [-0.4, -0.2) is 57.4 Å². The molecule has 1 fully saturated rings. The number of nitrogens with one attached hydrogen (secondary N) is 1. The SMILES string of the molecule is CC.CC(C)(O)O.COC(=O)C(CC(C)C)NP(OCC1CCC(n2ccc(N)nc2=O)O1)Oc1ccccc1. The first-order valence-corrected chi connectivity index (χ1v) is 14.5. The van der Waals surface area contributed by atoms with Crippen molar-refractivity contribution in [3.63, 3.8) is 0 Å². The number of aromatic nitrogens is 2. The molecule has 226 valence electrons. The zero-order valence-electron chi connectivity index (χ0n) is 24.4. The molecule has 1 aliphatic heterocycles. The van der Waals surface area contributed by atoms with E-state index in [-0.39, 0.29) is 30.4 Å². The Morgan fingerprint density at radius 1 is 1.23 bits per heavy atom. The molecule has 40 heavy (non-hydrogen) atoms. The van der Waals surface area contributed by atoms with Gasteiger partial charge in [-0.25, -0.2) is 9.88 Å². The molecule has 0 radical (unpaired) electrons. The monoisotopic (exact) mass is 584 g/mol. The molecule has 3 rings (SSSR count). The molecule has 2 aromatic rings. The van der Waals surface area contributed by atoms with Crippen LogP contribution in [-0.2, 0) is 18.8 Å². The van der Waals surface area contributed by atoms with Gasteiger partial charge < -0.3 is 34.5 Å². The van der Waals surface area contributed by atoms with E-state index >= 15 is 0 Å². The number of nitrogen functional groups attached to an aromatic ring is 1. The minimum Gasteiger partial charge on any atom is -0.468 e. The van der Waals surface area contributed by atoms with Crippen LogP contribution in [0.15, 0.2) is 47.4 Å². The number of hydrogen-bond acceptors (Lipinski definition) is 11. The van der Waals surface area contributed by atoms with Gasteiger partial charge in [-0.05, 0) is 57.2 Å². The number of methoxy groups -OCH3 is 1. The Labute approximate surface area is 237 Å². The van der Waals surface area contributed by atoms with E-state index in [4.69, 9.17) is 34.5 Å². The third-order valence-electron chi connectivity index (χ3n) is 5.01. The summed E-state index contributed by atoms with van der Waals surface area (Å²) in [4.78, 5) is 28.1. The highest BCUT2D eigenvalue weighted by Crippen LogP contribution is 2.38. The van der Waals surface area contributed by atoms with Crippen molar-refractivity contribution in [2.45, 2.75) is 85.0 Å². The van der Waals surface area contributed by atoms with Gasteiger partial charge in [-0.1, -0.05) is 45.9 Å².